The highest BCUT2D eigenvalue weighted by atomic mass is 16.5. The maximum atomic E-state index is 15.1. The van der Waals surface area contributed by atoms with Crippen LogP contribution in [0.1, 0.15) is 128 Å². The maximum Gasteiger partial charge on any atom is 0.160 e. The van der Waals surface area contributed by atoms with Crippen LogP contribution in [0.4, 0.5) is 0 Å². The van der Waals surface area contributed by atoms with Crippen LogP contribution in [0.25, 0.3) is 10.8 Å². The Labute approximate surface area is 452 Å². The molecule has 3 aromatic carbocycles. The predicted molar refractivity (Wildman–Crippen MR) is 296 cm³/mol. The Morgan fingerprint density at radius 3 is 2.60 bits per heavy atom. The summed E-state index contributed by atoms with van der Waals surface area (Å²) in [5.74, 6) is 9.33. The summed E-state index contributed by atoms with van der Waals surface area (Å²) in [7, 11) is 1.49. The van der Waals surface area contributed by atoms with Gasteiger partial charge in [0.2, 0.25) is 0 Å². The normalized spacial score (nSPS) is 34.1. The number of nitrogens with one attached hydrogen (secondary N) is 4. The van der Waals surface area contributed by atoms with E-state index in [1.165, 1.54) is 23.9 Å². The number of aliphatic hydroxyl groups is 4. The highest BCUT2D eigenvalue weighted by molar-refractivity contribution is 5.89. The van der Waals surface area contributed by atoms with E-state index in [9.17, 15) is 30.3 Å². The third kappa shape index (κ3) is 9.13. The number of carbonyl (C=O) groups excluding carboxylic acids is 2. The van der Waals surface area contributed by atoms with Gasteiger partial charge < -0.3 is 56.9 Å². The molecule has 4 fully saturated rings. The number of nitrogens with two attached hydrogens (primary N) is 1. The highest BCUT2D eigenvalue weighted by Crippen LogP contribution is 2.68. The van der Waals surface area contributed by atoms with Gasteiger partial charge in [0.05, 0.1) is 31.2 Å². The molecule has 2 aliphatic heterocycles. The van der Waals surface area contributed by atoms with Gasteiger partial charge in [-0.05, 0) is 188 Å². The van der Waals surface area contributed by atoms with E-state index in [0.29, 0.717) is 80.0 Å². The molecule has 13 heteroatoms. The SMILES string of the molecule is CCNC[C@@H]1[C@H]2c3[nH]cc4c3[C@@H]3[C@H]5[C@H]2[C@@H](CN[C@@H]5CC(=O)[C@@H]3CC4)[C@H](CCCO)[C@H]1[C@H]1CC[C@@]2(C#C[C@H](C[C@H](O)[C@H](O)C[C@H](C3=CCNC(N)=C3)c3ccc4ccccc4c3)c3cc(O)c(OC)cc3CCC2=O)[C@H](O)C1. The first-order chi connectivity index (χ1) is 37.4. The van der Waals surface area contributed by atoms with Gasteiger partial charge in [-0.25, -0.2) is 0 Å². The number of aromatic amines is 1. The number of H-pyrrole nitrogens is 1. The number of benzene rings is 3. The first-order valence-electron chi connectivity index (χ1n) is 29.1. The van der Waals surface area contributed by atoms with Crippen molar-refractivity contribution in [1.29, 1.82) is 0 Å². The number of aromatic nitrogens is 1. The molecule has 3 saturated carbocycles. The Kier molecular flexibility index (Phi) is 14.5. The number of hydrogen-bond acceptors (Lipinski definition) is 12. The number of methoxy groups -OCH3 is 1. The van der Waals surface area contributed by atoms with Crippen LogP contribution in [0.2, 0.25) is 0 Å². The topological polar surface area (TPSA) is 222 Å². The lowest BCUT2D eigenvalue weighted by atomic mass is 9.41. The molecule has 3 heterocycles. The number of aryl methyl sites for hydroxylation is 2. The van der Waals surface area contributed by atoms with Gasteiger partial charge in [-0.2, -0.15) is 0 Å². The third-order valence-electron chi connectivity index (χ3n) is 20.8. The van der Waals surface area contributed by atoms with E-state index >= 15 is 4.79 Å². The number of piperidine rings is 1. The summed E-state index contributed by atoms with van der Waals surface area (Å²) in [5.41, 5.74) is 12.4. The van der Waals surface area contributed by atoms with Gasteiger partial charge >= 0.3 is 0 Å². The van der Waals surface area contributed by atoms with Crippen molar-refractivity contribution in [2.75, 3.05) is 39.9 Å². The van der Waals surface area contributed by atoms with Crippen molar-refractivity contribution in [3.63, 3.8) is 0 Å². The van der Waals surface area contributed by atoms with E-state index in [-0.39, 0.29) is 96.5 Å². The van der Waals surface area contributed by atoms with E-state index in [4.69, 9.17) is 10.5 Å². The number of Topliss-reactive ketones (excluding diaryl/α,β-unsaturated/α-hetero) is 2. The number of carbonyl (C=O) groups is 2. The molecule has 408 valence electrons. The summed E-state index contributed by atoms with van der Waals surface area (Å²) >= 11 is 0. The van der Waals surface area contributed by atoms with Crippen LogP contribution in [0.3, 0.4) is 0 Å². The average molecular weight is 1050 g/mol. The molecule has 13 nitrogen and oxygen atoms in total. The van der Waals surface area contributed by atoms with Crippen molar-refractivity contribution in [3.05, 3.63) is 118 Å². The Balaban J connectivity index is 0.868. The molecule has 17 atom stereocenters. The number of phenols is 1. The van der Waals surface area contributed by atoms with Gasteiger partial charge in [0, 0.05) is 73.5 Å². The van der Waals surface area contributed by atoms with E-state index in [1.54, 1.807) is 12.1 Å². The fourth-order valence-corrected chi connectivity index (χ4v) is 17.4. The number of hydrogen-bond donors (Lipinski definition) is 10. The zero-order valence-electron chi connectivity index (χ0n) is 44.7. The molecule has 6 aliphatic carbocycles. The molecule has 1 saturated heterocycles. The molecule has 0 radical (unpaired) electrons. The summed E-state index contributed by atoms with van der Waals surface area (Å²) < 4.78 is 5.58. The minimum atomic E-state index is -1.36. The molecule has 8 aliphatic rings. The van der Waals surface area contributed by atoms with Crippen molar-refractivity contribution >= 4 is 22.3 Å². The first-order valence-corrected chi connectivity index (χ1v) is 29.1. The zero-order valence-corrected chi connectivity index (χ0v) is 44.7. The second-order valence-electron chi connectivity index (χ2n) is 24.4. The third-order valence-corrected chi connectivity index (χ3v) is 20.8. The largest absolute Gasteiger partial charge is 0.504 e. The molecular weight excluding hydrogens is 967 g/mol. The number of aromatic hydroxyl groups is 1. The molecule has 77 heavy (non-hydrogen) atoms. The Morgan fingerprint density at radius 1 is 0.961 bits per heavy atom. The number of ether oxygens (including phenoxy) is 1. The number of ketones is 2. The van der Waals surface area contributed by atoms with Gasteiger partial charge in [-0.1, -0.05) is 67.3 Å². The maximum absolute atomic E-state index is 15.1. The quantitative estimate of drug-likeness (QED) is 0.0561. The minimum absolute atomic E-state index is 0.0116. The smallest absolute Gasteiger partial charge is 0.160 e. The Hall–Kier alpha value is -5.46. The molecule has 0 amide bonds. The minimum Gasteiger partial charge on any atom is -0.504 e. The van der Waals surface area contributed by atoms with Gasteiger partial charge in [-0.15, -0.1) is 0 Å². The van der Waals surface area contributed by atoms with Crippen molar-refractivity contribution in [2.24, 2.45) is 58.5 Å². The predicted octanol–water partition coefficient (Wildman–Crippen LogP) is 6.73. The Bertz CT molecular complexity index is 3030. The van der Waals surface area contributed by atoms with E-state index < -0.39 is 29.6 Å². The lowest BCUT2D eigenvalue weighted by Crippen LogP contribution is -2.67. The average Bonchev–Trinajstić information content (AvgIpc) is 4.02. The molecule has 1 aromatic heterocycles. The zero-order chi connectivity index (χ0) is 53.3. The van der Waals surface area contributed by atoms with Gasteiger partial charge in [0.25, 0.3) is 0 Å². The van der Waals surface area contributed by atoms with E-state index in [0.717, 1.165) is 66.4 Å². The van der Waals surface area contributed by atoms with Crippen molar-refractivity contribution in [2.45, 2.75) is 132 Å². The van der Waals surface area contributed by atoms with Crippen LogP contribution in [0, 0.1) is 64.6 Å². The summed E-state index contributed by atoms with van der Waals surface area (Å²) in [6.45, 7) is 5.28. The van der Waals surface area contributed by atoms with Crippen LogP contribution in [0.15, 0.2) is 84.3 Å². The first kappa shape index (κ1) is 52.3. The summed E-state index contributed by atoms with van der Waals surface area (Å²) in [4.78, 5) is 32.8. The number of dihydropyridines is 1. The fourth-order valence-electron chi connectivity index (χ4n) is 17.4. The molecular formula is C64H79N5O8. The number of allylic oxidation sites excluding steroid dienone is 2. The van der Waals surface area contributed by atoms with Crippen LogP contribution in [-0.2, 0) is 22.4 Å². The van der Waals surface area contributed by atoms with Crippen LogP contribution >= 0.6 is 0 Å². The standard InChI is InChI=1S/C64H79N5O8/c1-3-66-32-47-57(42(9-6-22-70)46-33-68-48-30-49(71)43-14-12-41-31-69-63-58(41)59(43)62(48)60(46)61(47)63)40-17-20-64(55(76)26-40)19-16-38(45-29-52(74)53(77-2)25-37(45)13-15-54(64)75)24-50(72)51(73)28-44(39-18-21-67-56(65)27-39)36-11-10-34-7-4-5-8-35(34)23-36/h4-5,7-8,10-11,18,23,25,27,29,31,38,40,42-44,46-48,50-51,55,57,59-62,66-70,72-74,76H,3,6,9,12-15,17,20-22,24,26,28,30,32-33,65H2,1-2H3/t38-,40+,42+,43+,44+,46+,47+,48-,50+,51-,55-,57-,59-,60+,61-,62+,64-/m1/s1. The molecule has 0 bridgehead atoms. The number of rotatable bonds is 15. The number of phenolic OH excluding ortho intramolecular Hbond substituents is 1. The molecule has 0 unspecified atom stereocenters. The summed E-state index contributed by atoms with van der Waals surface area (Å²) in [6, 6.07) is 18.0. The lowest BCUT2D eigenvalue weighted by Gasteiger charge is -2.65. The van der Waals surface area contributed by atoms with Crippen LogP contribution < -0.4 is 26.4 Å². The van der Waals surface area contributed by atoms with Gasteiger partial charge in [0.15, 0.2) is 17.3 Å². The van der Waals surface area contributed by atoms with E-state index in [1.807, 2.05) is 18.2 Å². The van der Waals surface area contributed by atoms with Crippen molar-refractivity contribution < 1.29 is 39.9 Å². The van der Waals surface area contributed by atoms with Crippen molar-refractivity contribution in [1.82, 2.24) is 20.9 Å². The lowest BCUT2D eigenvalue weighted by molar-refractivity contribution is -0.144. The van der Waals surface area contributed by atoms with Gasteiger partial charge in [-0.3, -0.25) is 9.59 Å². The number of aliphatic hydroxyl groups excluding tert-OH is 4. The fraction of sp³-hybridized carbons (Fsp3) is 0.562. The summed E-state index contributed by atoms with van der Waals surface area (Å²) in [6.07, 6.45) is 8.82. The highest BCUT2D eigenvalue weighted by Gasteiger charge is 2.65. The monoisotopic (exact) mass is 1050 g/mol. The van der Waals surface area contributed by atoms with Crippen LogP contribution in [0.5, 0.6) is 11.5 Å². The molecule has 1 spiro atoms. The van der Waals surface area contributed by atoms with Crippen LogP contribution in [-0.4, -0.2) is 106 Å². The Morgan fingerprint density at radius 2 is 1.81 bits per heavy atom. The molecule has 11 N–H and O–H groups in total. The van der Waals surface area contributed by atoms with Crippen molar-refractivity contribution in [3.8, 4) is 23.3 Å². The number of fused-ring (bicyclic) bond motifs is 3. The molecule has 4 aromatic rings. The summed E-state index contributed by atoms with van der Waals surface area (Å²) in [5, 5.41) is 72.2. The molecule has 12 rings (SSSR count). The van der Waals surface area contributed by atoms with Gasteiger partial charge in [0.1, 0.15) is 11.2 Å². The second-order valence-corrected chi connectivity index (χ2v) is 24.4. The second kappa shape index (κ2) is 21.3. The van der Waals surface area contributed by atoms with E-state index in [2.05, 4.69) is 82.3 Å².